The summed E-state index contributed by atoms with van der Waals surface area (Å²) in [5.74, 6) is -0.237. The summed E-state index contributed by atoms with van der Waals surface area (Å²) in [6, 6.07) is 4.52. The van der Waals surface area contributed by atoms with Crippen LogP contribution in [0.5, 0.6) is 0 Å². The van der Waals surface area contributed by atoms with Crippen LogP contribution in [0.2, 0.25) is 0 Å². The van der Waals surface area contributed by atoms with Crippen molar-refractivity contribution in [2.45, 2.75) is 18.7 Å². The van der Waals surface area contributed by atoms with E-state index in [4.69, 9.17) is 4.74 Å². The maximum absolute atomic E-state index is 12.8. The van der Waals surface area contributed by atoms with Crippen molar-refractivity contribution in [3.63, 3.8) is 0 Å². The molecule has 0 unspecified atom stereocenters. The third kappa shape index (κ3) is 3.91. The summed E-state index contributed by atoms with van der Waals surface area (Å²) < 4.78 is 17.6. The van der Waals surface area contributed by atoms with Crippen molar-refractivity contribution in [3.8, 4) is 0 Å². The van der Waals surface area contributed by atoms with E-state index in [-0.39, 0.29) is 17.5 Å². The Hall–Kier alpha value is -1.03. The van der Waals surface area contributed by atoms with Crippen LogP contribution in [-0.2, 0) is 9.53 Å². The molecule has 82 valence electrons. The van der Waals surface area contributed by atoms with Gasteiger partial charge in [-0.3, -0.25) is 4.79 Å². The highest BCUT2D eigenvalue weighted by atomic mass is 32.2. The predicted octanol–water partition coefficient (Wildman–Crippen LogP) is 2.79. The highest BCUT2D eigenvalue weighted by Crippen LogP contribution is 2.22. The summed E-state index contributed by atoms with van der Waals surface area (Å²) in [5, 5.41) is 0. The van der Waals surface area contributed by atoms with Crippen molar-refractivity contribution in [2.24, 2.45) is 0 Å². The second kappa shape index (κ2) is 5.75. The number of esters is 1. The molecular weight excluding hydrogens is 215 g/mol. The minimum atomic E-state index is -0.256. The summed E-state index contributed by atoms with van der Waals surface area (Å²) in [6.45, 7) is 3.98. The number of carbonyl (C=O) groups excluding carboxylic acids is 1. The Balaban J connectivity index is 2.54. The quantitative estimate of drug-likeness (QED) is 0.585. The maximum atomic E-state index is 12.8. The maximum Gasteiger partial charge on any atom is 0.316 e. The van der Waals surface area contributed by atoms with Crippen LogP contribution in [0.1, 0.15) is 12.5 Å². The van der Waals surface area contributed by atoms with Gasteiger partial charge in [0.25, 0.3) is 0 Å². The van der Waals surface area contributed by atoms with E-state index in [9.17, 15) is 9.18 Å². The van der Waals surface area contributed by atoms with E-state index < -0.39 is 0 Å². The molecule has 15 heavy (non-hydrogen) atoms. The third-order valence-electron chi connectivity index (χ3n) is 1.79. The molecule has 1 aromatic rings. The van der Waals surface area contributed by atoms with Crippen LogP contribution in [0, 0.1) is 12.7 Å². The molecule has 0 saturated heterocycles. The molecule has 0 N–H and O–H groups in total. The molecule has 1 aromatic carbocycles. The van der Waals surface area contributed by atoms with Gasteiger partial charge in [0, 0.05) is 4.90 Å². The topological polar surface area (TPSA) is 26.3 Å². The van der Waals surface area contributed by atoms with E-state index >= 15 is 0 Å². The van der Waals surface area contributed by atoms with Gasteiger partial charge in [-0.1, -0.05) is 0 Å². The lowest BCUT2D eigenvalue weighted by Gasteiger charge is -2.05. The molecule has 0 aliphatic rings. The van der Waals surface area contributed by atoms with E-state index in [1.807, 2.05) is 6.92 Å². The molecule has 0 aliphatic heterocycles. The first-order chi connectivity index (χ1) is 7.13. The number of hydrogen-bond acceptors (Lipinski definition) is 3. The second-order valence-corrected chi connectivity index (χ2v) is 4.02. The number of ether oxygens (including phenoxy) is 1. The van der Waals surface area contributed by atoms with Crippen molar-refractivity contribution in [1.29, 1.82) is 0 Å². The summed E-state index contributed by atoms with van der Waals surface area (Å²) in [7, 11) is 0. The van der Waals surface area contributed by atoms with Crippen LogP contribution < -0.4 is 0 Å². The zero-order chi connectivity index (χ0) is 11.3. The first kappa shape index (κ1) is 12.0. The molecule has 0 spiro atoms. The Morgan fingerprint density at radius 2 is 2.27 bits per heavy atom. The Labute approximate surface area is 92.8 Å². The van der Waals surface area contributed by atoms with Crippen molar-refractivity contribution in [3.05, 3.63) is 29.6 Å². The molecule has 2 nitrogen and oxygen atoms in total. The van der Waals surface area contributed by atoms with Gasteiger partial charge < -0.3 is 4.74 Å². The minimum absolute atomic E-state index is 0.244. The summed E-state index contributed by atoms with van der Waals surface area (Å²) in [6.07, 6.45) is 0. The molecular formula is C11H13FO2S. The first-order valence-corrected chi connectivity index (χ1v) is 5.66. The number of rotatable bonds is 4. The van der Waals surface area contributed by atoms with Crippen LogP contribution in [-0.4, -0.2) is 18.3 Å². The largest absolute Gasteiger partial charge is 0.465 e. The van der Waals surface area contributed by atoms with Crippen LogP contribution in [0.15, 0.2) is 23.1 Å². The molecule has 0 radical (unpaired) electrons. The monoisotopic (exact) mass is 228 g/mol. The zero-order valence-corrected chi connectivity index (χ0v) is 9.57. The van der Waals surface area contributed by atoms with Crippen molar-refractivity contribution < 1.29 is 13.9 Å². The fraction of sp³-hybridized carbons (Fsp3) is 0.364. The summed E-state index contributed by atoms with van der Waals surface area (Å²) in [5.41, 5.74) is 0.837. The average molecular weight is 228 g/mol. The Kier molecular flexibility index (Phi) is 4.62. The lowest BCUT2D eigenvalue weighted by Crippen LogP contribution is -2.06. The van der Waals surface area contributed by atoms with E-state index in [1.165, 1.54) is 23.9 Å². The molecule has 0 aromatic heterocycles. The molecule has 0 bridgehead atoms. The molecule has 0 heterocycles. The van der Waals surface area contributed by atoms with Crippen LogP contribution >= 0.6 is 11.8 Å². The molecule has 0 amide bonds. The number of aryl methyl sites for hydroxylation is 1. The number of carbonyl (C=O) groups is 1. The van der Waals surface area contributed by atoms with Gasteiger partial charge in [0.1, 0.15) is 5.82 Å². The predicted molar refractivity (Wildman–Crippen MR) is 58.5 cm³/mol. The van der Waals surface area contributed by atoms with E-state index in [0.29, 0.717) is 6.61 Å². The highest BCUT2D eigenvalue weighted by molar-refractivity contribution is 8.00. The van der Waals surface area contributed by atoms with Crippen molar-refractivity contribution >= 4 is 17.7 Å². The van der Waals surface area contributed by atoms with Crippen molar-refractivity contribution in [2.75, 3.05) is 12.4 Å². The van der Waals surface area contributed by atoms with Gasteiger partial charge in [-0.25, -0.2) is 4.39 Å². The van der Waals surface area contributed by atoms with Gasteiger partial charge in [-0.2, -0.15) is 0 Å². The molecule has 0 atom stereocenters. The lowest BCUT2D eigenvalue weighted by molar-refractivity contribution is -0.139. The summed E-state index contributed by atoms with van der Waals surface area (Å²) >= 11 is 1.36. The summed E-state index contributed by atoms with van der Waals surface area (Å²) in [4.78, 5) is 12.0. The Bertz CT molecular complexity index is 352. The van der Waals surface area contributed by atoms with E-state index in [1.54, 1.807) is 13.0 Å². The lowest BCUT2D eigenvalue weighted by atomic mass is 10.2. The van der Waals surface area contributed by atoms with Gasteiger partial charge in [0.05, 0.1) is 12.4 Å². The van der Waals surface area contributed by atoms with Gasteiger partial charge >= 0.3 is 5.97 Å². The minimum Gasteiger partial charge on any atom is -0.465 e. The zero-order valence-electron chi connectivity index (χ0n) is 8.75. The number of benzene rings is 1. The van der Waals surface area contributed by atoms with Gasteiger partial charge in [-0.05, 0) is 37.6 Å². The highest BCUT2D eigenvalue weighted by Gasteiger charge is 2.05. The van der Waals surface area contributed by atoms with Crippen LogP contribution in [0.3, 0.4) is 0 Å². The SMILES string of the molecule is CCOC(=O)CSc1ccc(F)cc1C. The van der Waals surface area contributed by atoms with Crippen molar-refractivity contribution in [1.82, 2.24) is 0 Å². The first-order valence-electron chi connectivity index (χ1n) is 4.68. The second-order valence-electron chi connectivity index (χ2n) is 3.00. The fourth-order valence-electron chi connectivity index (χ4n) is 1.11. The molecule has 0 saturated carbocycles. The smallest absolute Gasteiger partial charge is 0.316 e. The Morgan fingerprint density at radius 3 is 2.87 bits per heavy atom. The van der Waals surface area contributed by atoms with E-state index in [2.05, 4.69) is 0 Å². The van der Waals surface area contributed by atoms with Gasteiger partial charge in [-0.15, -0.1) is 11.8 Å². The number of thioether (sulfide) groups is 1. The van der Waals surface area contributed by atoms with Gasteiger partial charge in [0.2, 0.25) is 0 Å². The Morgan fingerprint density at radius 1 is 1.53 bits per heavy atom. The van der Waals surface area contributed by atoms with Gasteiger partial charge in [0.15, 0.2) is 0 Å². The molecule has 0 aliphatic carbocycles. The molecule has 1 rings (SSSR count). The van der Waals surface area contributed by atoms with E-state index in [0.717, 1.165) is 10.5 Å². The fourth-order valence-corrected chi connectivity index (χ4v) is 1.92. The standard InChI is InChI=1S/C11H13FO2S/c1-3-14-11(13)7-15-10-5-4-9(12)6-8(10)2/h4-6H,3,7H2,1-2H3. The third-order valence-corrected chi connectivity index (χ3v) is 2.94. The van der Waals surface area contributed by atoms with Crippen LogP contribution in [0.25, 0.3) is 0 Å². The number of hydrogen-bond donors (Lipinski definition) is 0. The molecule has 4 heteroatoms. The van der Waals surface area contributed by atoms with Crippen LogP contribution in [0.4, 0.5) is 4.39 Å². The average Bonchev–Trinajstić information content (AvgIpc) is 2.17. The number of halogens is 1. The molecule has 0 fully saturated rings. The normalized spacial score (nSPS) is 10.1.